The molecule has 1 aromatic carbocycles. The lowest BCUT2D eigenvalue weighted by Gasteiger charge is -2.43. The Morgan fingerprint density at radius 3 is 2.72 bits per heavy atom. The zero-order chi connectivity index (χ0) is 17.2. The van der Waals surface area contributed by atoms with Crippen molar-refractivity contribution in [2.75, 3.05) is 32.0 Å². The van der Waals surface area contributed by atoms with Crippen LogP contribution in [0.1, 0.15) is 49.7 Å². The summed E-state index contributed by atoms with van der Waals surface area (Å²) in [7, 11) is 2.24. The number of rotatable bonds is 5. The highest BCUT2D eigenvalue weighted by atomic mass is 15.2. The van der Waals surface area contributed by atoms with Gasteiger partial charge in [-0.25, -0.2) is 0 Å². The van der Waals surface area contributed by atoms with E-state index in [-0.39, 0.29) is 0 Å². The van der Waals surface area contributed by atoms with Crippen molar-refractivity contribution < 1.29 is 0 Å². The van der Waals surface area contributed by atoms with Crippen LogP contribution in [0, 0.1) is 5.92 Å². The summed E-state index contributed by atoms with van der Waals surface area (Å²) in [5.74, 6) is 0.708. The first-order valence-corrected chi connectivity index (χ1v) is 10.2. The predicted octanol–water partition coefficient (Wildman–Crippen LogP) is 4.25. The molecule has 1 aromatic rings. The van der Waals surface area contributed by atoms with Crippen molar-refractivity contribution in [3.05, 3.63) is 41.6 Å². The molecule has 136 valence electrons. The summed E-state index contributed by atoms with van der Waals surface area (Å²) in [5.41, 5.74) is 5.78. The standard InChI is InChI=1S/C22H33N3/c1-17(19-10-13-24(2)14-11-19)25-12-4-3-5-21(25)8-6-18-7-9-22-20(15-18)16-23-22/h7,9,15,19,21,23H,1,3-6,8,10-14,16H2,2H3. The van der Waals surface area contributed by atoms with Crippen LogP contribution in [0.15, 0.2) is 30.5 Å². The second-order valence-electron chi connectivity index (χ2n) is 8.30. The summed E-state index contributed by atoms with van der Waals surface area (Å²) < 4.78 is 0. The van der Waals surface area contributed by atoms with Gasteiger partial charge in [0.15, 0.2) is 0 Å². The van der Waals surface area contributed by atoms with Crippen molar-refractivity contribution in [2.45, 2.75) is 57.5 Å². The lowest BCUT2D eigenvalue weighted by Crippen LogP contribution is -2.42. The topological polar surface area (TPSA) is 18.5 Å². The van der Waals surface area contributed by atoms with Gasteiger partial charge in [0.2, 0.25) is 0 Å². The summed E-state index contributed by atoms with van der Waals surface area (Å²) >= 11 is 0. The Morgan fingerprint density at radius 2 is 2.00 bits per heavy atom. The molecule has 2 saturated heterocycles. The van der Waals surface area contributed by atoms with Crippen LogP contribution in [-0.4, -0.2) is 42.5 Å². The number of nitrogens with zero attached hydrogens (tertiary/aromatic N) is 2. The molecule has 1 N–H and O–H groups in total. The van der Waals surface area contributed by atoms with Gasteiger partial charge in [0.25, 0.3) is 0 Å². The monoisotopic (exact) mass is 339 g/mol. The summed E-state index contributed by atoms with van der Waals surface area (Å²) in [6.07, 6.45) is 9.13. The van der Waals surface area contributed by atoms with Crippen LogP contribution in [-0.2, 0) is 13.0 Å². The molecule has 0 amide bonds. The van der Waals surface area contributed by atoms with E-state index in [0.29, 0.717) is 12.0 Å². The summed E-state index contributed by atoms with van der Waals surface area (Å²) in [5, 5.41) is 3.36. The Kier molecular flexibility index (Phi) is 5.03. The number of hydrogen-bond donors (Lipinski definition) is 1. The molecule has 1 unspecified atom stereocenters. The maximum Gasteiger partial charge on any atom is 0.0421 e. The number of benzene rings is 1. The fourth-order valence-corrected chi connectivity index (χ4v) is 4.79. The van der Waals surface area contributed by atoms with Crippen molar-refractivity contribution in [3.8, 4) is 0 Å². The minimum absolute atomic E-state index is 0.699. The summed E-state index contributed by atoms with van der Waals surface area (Å²) in [6.45, 7) is 9.29. The molecule has 3 aliphatic heterocycles. The van der Waals surface area contributed by atoms with Crippen LogP contribution < -0.4 is 5.32 Å². The Morgan fingerprint density at radius 1 is 1.16 bits per heavy atom. The van der Waals surface area contributed by atoms with Gasteiger partial charge in [-0.1, -0.05) is 18.7 Å². The third-order valence-corrected chi connectivity index (χ3v) is 6.59. The van der Waals surface area contributed by atoms with Crippen LogP contribution in [0.4, 0.5) is 5.69 Å². The zero-order valence-electron chi connectivity index (χ0n) is 15.8. The smallest absolute Gasteiger partial charge is 0.0421 e. The quantitative estimate of drug-likeness (QED) is 0.865. The normalized spacial score (nSPS) is 24.4. The Labute approximate surface area is 153 Å². The Balaban J connectivity index is 1.36. The number of allylic oxidation sites excluding steroid dienone is 1. The number of nitrogens with one attached hydrogen (secondary N) is 1. The summed E-state index contributed by atoms with van der Waals surface area (Å²) in [6, 6.07) is 7.67. The number of likely N-dealkylation sites (tertiary alicyclic amines) is 2. The fourth-order valence-electron chi connectivity index (χ4n) is 4.79. The number of fused-ring (bicyclic) bond motifs is 1. The maximum absolute atomic E-state index is 4.57. The van der Waals surface area contributed by atoms with Gasteiger partial charge in [-0.3, -0.25) is 0 Å². The lowest BCUT2D eigenvalue weighted by molar-refractivity contribution is 0.143. The van der Waals surface area contributed by atoms with Crippen LogP contribution in [0.5, 0.6) is 0 Å². The largest absolute Gasteiger partial charge is 0.381 e. The average molecular weight is 340 g/mol. The van der Waals surface area contributed by atoms with E-state index in [1.165, 1.54) is 87.1 Å². The van der Waals surface area contributed by atoms with Gasteiger partial charge < -0.3 is 15.1 Å². The average Bonchev–Trinajstić information content (AvgIpc) is 2.62. The van der Waals surface area contributed by atoms with Crippen LogP contribution in [0.3, 0.4) is 0 Å². The molecule has 0 bridgehead atoms. The van der Waals surface area contributed by atoms with Crippen molar-refractivity contribution in [3.63, 3.8) is 0 Å². The molecule has 4 rings (SSSR count). The molecular formula is C22H33N3. The van der Waals surface area contributed by atoms with Gasteiger partial charge >= 0.3 is 0 Å². The van der Waals surface area contributed by atoms with E-state index in [0.717, 1.165) is 6.54 Å². The third kappa shape index (κ3) is 3.72. The minimum Gasteiger partial charge on any atom is -0.381 e. The molecule has 3 heteroatoms. The zero-order valence-corrected chi connectivity index (χ0v) is 15.8. The highest BCUT2D eigenvalue weighted by molar-refractivity contribution is 5.60. The van der Waals surface area contributed by atoms with Gasteiger partial charge in [0, 0.05) is 36.4 Å². The van der Waals surface area contributed by atoms with Crippen molar-refractivity contribution in [2.24, 2.45) is 5.92 Å². The molecule has 0 radical (unpaired) electrons. The van der Waals surface area contributed by atoms with E-state index in [9.17, 15) is 0 Å². The Bertz CT molecular complexity index is 616. The highest BCUT2D eigenvalue weighted by Crippen LogP contribution is 2.32. The second-order valence-corrected chi connectivity index (χ2v) is 8.30. The van der Waals surface area contributed by atoms with Gasteiger partial charge in [-0.2, -0.15) is 0 Å². The molecule has 2 fully saturated rings. The molecule has 3 nitrogen and oxygen atoms in total. The number of aryl methyl sites for hydroxylation is 1. The van der Waals surface area contributed by atoms with Crippen molar-refractivity contribution >= 4 is 5.69 Å². The van der Waals surface area contributed by atoms with Crippen LogP contribution in [0.25, 0.3) is 0 Å². The fraction of sp³-hybridized carbons (Fsp3) is 0.636. The van der Waals surface area contributed by atoms with E-state index >= 15 is 0 Å². The molecule has 0 aromatic heterocycles. The van der Waals surface area contributed by atoms with Crippen LogP contribution >= 0.6 is 0 Å². The summed E-state index contributed by atoms with van der Waals surface area (Å²) in [4.78, 5) is 5.15. The maximum atomic E-state index is 4.57. The first-order chi connectivity index (χ1) is 12.2. The van der Waals surface area contributed by atoms with E-state index in [1.807, 2.05) is 0 Å². The first-order valence-electron chi connectivity index (χ1n) is 10.2. The highest BCUT2D eigenvalue weighted by Gasteiger charge is 2.28. The molecule has 3 aliphatic rings. The number of anilines is 1. The molecule has 0 saturated carbocycles. The van der Waals surface area contributed by atoms with Gasteiger partial charge in [-0.15, -0.1) is 0 Å². The molecule has 1 atom stereocenters. The predicted molar refractivity (Wildman–Crippen MR) is 106 cm³/mol. The second kappa shape index (κ2) is 7.41. The van der Waals surface area contributed by atoms with Crippen LogP contribution in [0.2, 0.25) is 0 Å². The van der Waals surface area contributed by atoms with E-state index in [1.54, 1.807) is 0 Å². The lowest BCUT2D eigenvalue weighted by atomic mass is 9.89. The molecule has 3 heterocycles. The van der Waals surface area contributed by atoms with E-state index < -0.39 is 0 Å². The van der Waals surface area contributed by atoms with E-state index in [4.69, 9.17) is 0 Å². The van der Waals surface area contributed by atoms with Crippen molar-refractivity contribution in [1.82, 2.24) is 9.80 Å². The van der Waals surface area contributed by atoms with Gasteiger partial charge in [0.1, 0.15) is 0 Å². The Hall–Kier alpha value is -1.48. The molecule has 0 spiro atoms. The SMILES string of the molecule is C=C(C1CCN(C)CC1)N1CCCCC1CCc1ccc2c(c1)CN2. The molecule has 25 heavy (non-hydrogen) atoms. The molecule has 0 aliphatic carbocycles. The van der Waals surface area contributed by atoms with E-state index in [2.05, 4.69) is 46.9 Å². The van der Waals surface area contributed by atoms with Crippen molar-refractivity contribution in [1.29, 1.82) is 0 Å². The minimum atomic E-state index is 0.699. The molecular weight excluding hydrogens is 306 g/mol. The van der Waals surface area contributed by atoms with Gasteiger partial charge in [-0.05, 0) is 82.3 Å². The number of piperidine rings is 2. The first kappa shape index (κ1) is 17.0. The number of hydrogen-bond acceptors (Lipinski definition) is 3. The van der Waals surface area contributed by atoms with Gasteiger partial charge in [0.05, 0.1) is 0 Å². The third-order valence-electron chi connectivity index (χ3n) is 6.59.